The molecule has 0 aliphatic heterocycles. The summed E-state index contributed by atoms with van der Waals surface area (Å²) in [5, 5.41) is 18.6. The van der Waals surface area contributed by atoms with E-state index in [0.29, 0.717) is 11.1 Å². The quantitative estimate of drug-likeness (QED) is 0.0838. The molecule has 0 bridgehead atoms. The number of carbonyl (C=O) groups excluding carboxylic acids is 4. The Morgan fingerprint density at radius 2 is 0.917 bits per heavy atom. The van der Waals surface area contributed by atoms with Gasteiger partial charge in [-0.2, -0.15) is 0 Å². The van der Waals surface area contributed by atoms with Crippen LogP contribution in [-0.2, 0) is 32.5 Å². The van der Waals surface area contributed by atoms with Crippen LogP contribution in [0.2, 0.25) is 0 Å². The van der Waals surface area contributed by atoms with E-state index < -0.39 is 34.1 Å². The van der Waals surface area contributed by atoms with Crippen LogP contribution in [0, 0.1) is 20.2 Å². The van der Waals surface area contributed by atoms with Gasteiger partial charge in [0, 0.05) is 13.8 Å². The molecule has 0 heterocycles. The van der Waals surface area contributed by atoms with Crippen molar-refractivity contribution in [3.8, 4) is 23.0 Å². The van der Waals surface area contributed by atoms with Crippen molar-refractivity contribution in [2.75, 3.05) is 0 Å². The van der Waals surface area contributed by atoms with E-state index in [-0.39, 0.29) is 47.3 Å². The van der Waals surface area contributed by atoms with Crippen molar-refractivity contribution in [1.82, 2.24) is 0 Å². The highest BCUT2D eigenvalue weighted by Crippen LogP contribution is 2.23. The molecule has 4 rings (SSSR count). The van der Waals surface area contributed by atoms with Crippen LogP contribution >= 0.6 is 0 Å². The highest BCUT2D eigenvalue weighted by Gasteiger charge is 2.17. The third-order valence-corrected chi connectivity index (χ3v) is 5.61. The second-order valence-electron chi connectivity index (χ2n) is 9.25. The summed E-state index contributed by atoms with van der Waals surface area (Å²) in [7, 11) is 0. The second-order valence-corrected chi connectivity index (χ2v) is 9.25. The lowest BCUT2D eigenvalue weighted by molar-refractivity contribution is -0.763. The number of nitrogens with zero attached hydrogens (tertiary/aromatic N) is 2. The van der Waals surface area contributed by atoms with Gasteiger partial charge in [-0.3, -0.25) is 9.59 Å². The van der Waals surface area contributed by atoms with E-state index in [4.69, 9.17) is 18.9 Å². The predicted octanol–water partition coefficient (Wildman–Crippen LogP) is 5.08. The summed E-state index contributed by atoms with van der Waals surface area (Å²) in [5.74, 6) is -2.03. The Morgan fingerprint density at radius 1 is 0.542 bits per heavy atom. The fraction of sp³-hybridized carbons (Fsp3) is 0.125. The molecule has 4 aromatic carbocycles. The molecule has 0 spiro atoms. The molecule has 4 aromatic rings. The topological polar surface area (TPSA) is 210 Å². The van der Waals surface area contributed by atoms with Gasteiger partial charge in [0.2, 0.25) is 0 Å². The molecular formula is C32H26N2O14. The van der Waals surface area contributed by atoms with Crippen molar-refractivity contribution in [3.63, 3.8) is 0 Å². The highest BCUT2D eigenvalue weighted by molar-refractivity contribution is 5.95. The van der Waals surface area contributed by atoms with E-state index in [9.17, 15) is 39.4 Å². The highest BCUT2D eigenvalue weighted by atomic mass is 17.0. The zero-order valence-corrected chi connectivity index (χ0v) is 25.3. The lowest BCUT2D eigenvalue weighted by atomic mass is 10.2. The maximum absolute atomic E-state index is 12.2. The predicted molar refractivity (Wildman–Crippen MR) is 162 cm³/mol. The first kappa shape index (κ1) is 35.6. The lowest BCUT2D eigenvalue weighted by Gasteiger charge is -2.09. The fourth-order valence-electron chi connectivity index (χ4n) is 3.73. The average molecular weight is 663 g/mol. The molecule has 0 aliphatic carbocycles. The second kappa shape index (κ2) is 17.6. The Kier molecular flexibility index (Phi) is 13.1. The van der Waals surface area contributed by atoms with E-state index in [2.05, 4.69) is 9.68 Å². The third-order valence-electron chi connectivity index (χ3n) is 5.61. The largest absolute Gasteiger partial charge is 0.426 e. The molecule has 0 aliphatic rings. The van der Waals surface area contributed by atoms with E-state index in [0.717, 1.165) is 0 Å². The minimum Gasteiger partial charge on any atom is -0.426 e. The van der Waals surface area contributed by atoms with Gasteiger partial charge in [-0.05, 0) is 59.7 Å². The molecule has 248 valence electrons. The van der Waals surface area contributed by atoms with Crippen LogP contribution in [-0.4, -0.2) is 34.1 Å². The first-order chi connectivity index (χ1) is 22.9. The minimum absolute atomic E-state index is 0.0830. The van der Waals surface area contributed by atoms with Gasteiger partial charge in [0.1, 0.15) is 47.3 Å². The summed E-state index contributed by atoms with van der Waals surface area (Å²) in [6.45, 7) is 1.92. The van der Waals surface area contributed by atoms with E-state index >= 15 is 0 Å². The molecular weight excluding hydrogens is 636 g/mol. The Balaban J connectivity index is 0.000000260. The van der Waals surface area contributed by atoms with Gasteiger partial charge >= 0.3 is 23.9 Å². The standard InChI is InChI=1S/2C16H13NO7/c2*1-11(18)23-15-8-3-2-7-14(15)16(19)24-13-6-4-5-12(9-13)10-22-17(20)21/h2*2-9H,10H2,1H3. The van der Waals surface area contributed by atoms with Crippen molar-refractivity contribution in [2.45, 2.75) is 27.1 Å². The molecule has 16 nitrogen and oxygen atoms in total. The zero-order chi connectivity index (χ0) is 35.1. The molecule has 0 atom stereocenters. The van der Waals surface area contributed by atoms with Crippen molar-refractivity contribution >= 4 is 23.9 Å². The number of esters is 4. The first-order valence-corrected chi connectivity index (χ1v) is 13.6. The Morgan fingerprint density at radius 3 is 1.27 bits per heavy atom. The van der Waals surface area contributed by atoms with Crippen LogP contribution in [0.4, 0.5) is 0 Å². The summed E-state index contributed by atoms with van der Waals surface area (Å²) >= 11 is 0. The number of para-hydroxylation sites is 2. The zero-order valence-electron chi connectivity index (χ0n) is 25.3. The van der Waals surface area contributed by atoms with Crippen molar-refractivity contribution < 1.29 is 58.0 Å². The van der Waals surface area contributed by atoms with Crippen molar-refractivity contribution in [2.24, 2.45) is 0 Å². The molecule has 0 fully saturated rings. The summed E-state index contributed by atoms with van der Waals surface area (Å²) in [5.41, 5.74) is 1.09. The van der Waals surface area contributed by atoms with Gasteiger partial charge in [-0.25, -0.2) is 9.59 Å². The monoisotopic (exact) mass is 662 g/mol. The van der Waals surface area contributed by atoms with Crippen LogP contribution in [0.15, 0.2) is 97.1 Å². The third kappa shape index (κ3) is 11.9. The first-order valence-electron chi connectivity index (χ1n) is 13.6. The van der Waals surface area contributed by atoms with Crippen molar-refractivity contribution in [3.05, 3.63) is 140 Å². The molecule has 0 N–H and O–H groups in total. The van der Waals surface area contributed by atoms with Gasteiger partial charge in [0.15, 0.2) is 0 Å². The molecule has 0 saturated carbocycles. The van der Waals surface area contributed by atoms with Crippen LogP contribution in [0.3, 0.4) is 0 Å². The van der Waals surface area contributed by atoms with Crippen LogP contribution < -0.4 is 18.9 Å². The summed E-state index contributed by atoms with van der Waals surface area (Å²) in [6, 6.07) is 24.5. The number of rotatable bonds is 12. The maximum Gasteiger partial charge on any atom is 0.347 e. The minimum atomic E-state index is -0.909. The molecule has 48 heavy (non-hydrogen) atoms. The molecule has 0 unspecified atom stereocenters. The smallest absolute Gasteiger partial charge is 0.347 e. The molecule has 0 amide bonds. The Bertz CT molecular complexity index is 1680. The van der Waals surface area contributed by atoms with Gasteiger partial charge in [0.05, 0.1) is 0 Å². The SMILES string of the molecule is CC(=O)Oc1ccccc1C(=O)Oc1cccc(CO[N+](=O)[O-])c1.CC(=O)Oc1ccccc1C(=O)Oc1cccc(CO[N+](=O)[O-])c1. The number of carbonyl (C=O) groups is 4. The average Bonchev–Trinajstić information content (AvgIpc) is 3.03. The van der Waals surface area contributed by atoms with E-state index in [1.807, 2.05) is 0 Å². The summed E-state index contributed by atoms with van der Waals surface area (Å²) in [4.78, 5) is 75.6. The van der Waals surface area contributed by atoms with Gasteiger partial charge in [-0.1, -0.05) is 48.5 Å². The number of hydrogen-bond donors (Lipinski definition) is 0. The van der Waals surface area contributed by atoms with Gasteiger partial charge < -0.3 is 28.6 Å². The molecule has 16 heteroatoms. The van der Waals surface area contributed by atoms with Crippen LogP contribution in [0.25, 0.3) is 0 Å². The molecule has 0 aromatic heterocycles. The summed E-state index contributed by atoms with van der Waals surface area (Å²) < 4.78 is 20.3. The molecule has 0 saturated heterocycles. The number of ether oxygens (including phenoxy) is 4. The van der Waals surface area contributed by atoms with Crippen molar-refractivity contribution in [1.29, 1.82) is 0 Å². The number of hydrogen-bond acceptors (Lipinski definition) is 14. The van der Waals surface area contributed by atoms with Gasteiger partial charge in [-0.15, -0.1) is 20.2 Å². The normalized spacial score (nSPS) is 9.88. The van der Waals surface area contributed by atoms with E-state index in [1.165, 1.54) is 62.4 Å². The molecule has 0 radical (unpaired) electrons. The van der Waals surface area contributed by atoms with Crippen LogP contribution in [0.5, 0.6) is 23.0 Å². The summed E-state index contributed by atoms with van der Waals surface area (Å²) in [6.07, 6.45) is 0. The van der Waals surface area contributed by atoms with E-state index in [1.54, 1.807) is 48.5 Å². The lowest BCUT2D eigenvalue weighted by Crippen LogP contribution is -2.12. The van der Waals surface area contributed by atoms with Gasteiger partial charge in [0.25, 0.3) is 10.2 Å². The van der Waals surface area contributed by atoms with Crippen LogP contribution in [0.1, 0.15) is 45.7 Å². The number of benzene rings is 4. The fourth-order valence-corrected chi connectivity index (χ4v) is 3.73. The Hall–Kier alpha value is -6.84. The maximum atomic E-state index is 12.2. The Labute approximate surface area is 271 Å².